The Morgan fingerprint density at radius 1 is 1.32 bits per heavy atom. The van der Waals surface area contributed by atoms with Crippen molar-refractivity contribution in [2.24, 2.45) is 5.41 Å². The zero-order chi connectivity index (χ0) is 16.5. The van der Waals surface area contributed by atoms with Gasteiger partial charge in [-0.1, -0.05) is 0 Å². The first-order chi connectivity index (χ1) is 10.3. The summed E-state index contributed by atoms with van der Waals surface area (Å²) in [5.74, 6) is -0.0885. The largest absolute Gasteiger partial charge is 0.496 e. The fraction of sp³-hybridized carbons (Fsp3) is 0.500. The number of carboxylic acids is 1. The van der Waals surface area contributed by atoms with Gasteiger partial charge < -0.3 is 20.1 Å². The third-order valence-electron chi connectivity index (χ3n) is 4.26. The molecule has 2 amide bonds. The fourth-order valence-corrected chi connectivity index (χ4v) is 2.65. The quantitative estimate of drug-likeness (QED) is 0.900. The minimum absolute atomic E-state index is 0.225. The van der Waals surface area contributed by atoms with Gasteiger partial charge in [-0.15, -0.1) is 0 Å². The van der Waals surface area contributed by atoms with E-state index in [1.54, 1.807) is 18.9 Å². The zero-order valence-electron chi connectivity index (χ0n) is 13.4. The molecule has 120 valence electrons. The van der Waals surface area contributed by atoms with Crippen molar-refractivity contribution in [3.63, 3.8) is 0 Å². The Hall–Kier alpha value is -2.24. The summed E-state index contributed by atoms with van der Waals surface area (Å²) < 4.78 is 5.25. The molecule has 2 rings (SSSR count). The lowest BCUT2D eigenvalue weighted by atomic mass is 9.90. The molecule has 1 aromatic rings. The summed E-state index contributed by atoms with van der Waals surface area (Å²) in [5, 5.41) is 12.1. The van der Waals surface area contributed by atoms with E-state index in [-0.39, 0.29) is 12.6 Å². The maximum absolute atomic E-state index is 12.3. The molecule has 22 heavy (non-hydrogen) atoms. The molecule has 1 heterocycles. The third-order valence-corrected chi connectivity index (χ3v) is 4.26. The van der Waals surface area contributed by atoms with Crippen LogP contribution in [0.25, 0.3) is 0 Å². The first kappa shape index (κ1) is 16.1. The van der Waals surface area contributed by atoms with E-state index in [2.05, 4.69) is 5.32 Å². The van der Waals surface area contributed by atoms with Crippen molar-refractivity contribution in [3.8, 4) is 5.75 Å². The lowest BCUT2D eigenvalue weighted by Crippen LogP contribution is -2.37. The molecule has 1 unspecified atom stereocenters. The summed E-state index contributed by atoms with van der Waals surface area (Å²) in [4.78, 5) is 25.1. The van der Waals surface area contributed by atoms with Crippen molar-refractivity contribution in [1.29, 1.82) is 0 Å². The molecule has 6 heteroatoms. The zero-order valence-corrected chi connectivity index (χ0v) is 13.4. The van der Waals surface area contributed by atoms with Crippen LogP contribution in [0, 0.1) is 19.3 Å². The maximum Gasteiger partial charge on any atom is 0.321 e. The minimum Gasteiger partial charge on any atom is -0.496 e. The third kappa shape index (κ3) is 3.00. The lowest BCUT2D eigenvalue weighted by molar-refractivity contribution is -0.146. The van der Waals surface area contributed by atoms with Gasteiger partial charge in [0.1, 0.15) is 5.75 Å². The highest BCUT2D eigenvalue weighted by Crippen LogP contribution is 2.31. The Morgan fingerprint density at radius 2 is 2.00 bits per heavy atom. The van der Waals surface area contributed by atoms with Crippen LogP contribution in [-0.2, 0) is 4.79 Å². The molecular formula is C16H22N2O4. The van der Waals surface area contributed by atoms with E-state index in [9.17, 15) is 14.7 Å². The molecule has 0 spiro atoms. The molecule has 0 radical (unpaired) electrons. The lowest BCUT2D eigenvalue weighted by Gasteiger charge is -2.21. The summed E-state index contributed by atoms with van der Waals surface area (Å²) in [5.41, 5.74) is 1.69. The Labute approximate surface area is 130 Å². The number of ether oxygens (including phenoxy) is 1. The Morgan fingerprint density at radius 3 is 2.55 bits per heavy atom. The van der Waals surface area contributed by atoms with Crippen LogP contribution in [0.4, 0.5) is 10.5 Å². The number of nitrogens with one attached hydrogen (secondary N) is 1. The van der Waals surface area contributed by atoms with Gasteiger partial charge in [0.15, 0.2) is 0 Å². The standard InChI is InChI=1S/C16H22N2O4/c1-10-8-13(22-4)11(2)7-12(10)17-15(21)18-6-5-16(3,9-18)14(19)20/h7-8H,5-6,9H2,1-4H3,(H,17,21)(H,19,20). The number of carboxylic acid groups (broad SMARTS) is 1. The predicted octanol–water partition coefficient (Wildman–Crippen LogP) is 2.64. The molecule has 1 saturated heterocycles. The average molecular weight is 306 g/mol. The van der Waals surface area contributed by atoms with Crippen molar-refractivity contribution < 1.29 is 19.4 Å². The highest BCUT2D eigenvalue weighted by molar-refractivity contribution is 5.91. The van der Waals surface area contributed by atoms with Crippen molar-refractivity contribution in [3.05, 3.63) is 23.3 Å². The molecule has 0 saturated carbocycles. The number of methoxy groups -OCH3 is 1. The SMILES string of the molecule is COc1cc(C)c(NC(=O)N2CCC(C)(C(=O)O)C2)cc1C. The minimum atomic E-state index is -0.862. The van der Waals surface area contributed by atoms with Gasteiger partial charge in [0.05, 0.1) is 12.5 Å². The number of carbonyl (C=O) groups excluding carboxylic acids is 1. The second kappa shape index (κ2) is 5.87. The topological polar surface area (TPSA) is 78.9 Å². The molecule has 1 aliphatic heterocycles. The van der Waals surface area contributed by atoms with E-state index in [1.165, 1.54) is 0 Å². The van der Waals surface area contributed by atoms with Gasteiger partial charge in [-0.2, -0.15) is 0 Å². The number of urea groups is 1. The van der Waals surface area contributed by atoms with Gasteiger partial charge in [0.25, 0.3) is 0 Å². The Balaban J connectivity index is 2.11. The number of benzene rings is 1. The molecule has 0 bridgehead atoms. The van der Waals surface area contributed by atoms with Crippen LogP contribution < -0.4 is 10.1 Å². The number of hydrogen-bond donors (Lipinski definition) is 2. The summed E-state index contributed by atoms with van der Waals surface area (Å²) in [7, 11) is 1.61. The summed E-state index contributed by atoms with van der Waals surface area (Å²) >= 11 is 0. The summed E-state index contributed by atoms with van der Waals surface area (Å²) in [6.45, 7) is 6.14. The maximum atomic E-state index is 12.3. The van der Waals surface area contributed by atoms with Crippen LogP contribution in [0.1, 0.15) is 24.5 Å². The van der Waals surface area contributed by atoms with E-state index >= 15 is 0 Å². The van der Waals surface area contributed by atoms with Crippen LogP contribution in [-0.4, -0.2) is 42.2 Å². The van der Waals surface area contributed by atoms with Crippen LogP contribution >= 0.6 is 0 Å². The second-order valence-corrected chi connectivity index (χ2v) is 6.10. The highest BCUT2D eigenvalue weighted by Gasteiger charge is 2.42. The monoisotopic (exact) mass is 306 g/mol. The average Bonchev–Trinajstić information content (AvgIpc) is 2.86. The van der Waals surface area contributed by atoms with Crippen molar-refractivity contribution in [2.45, 2.75) is 27.2 Å². The fourth-order valence-electron chi connectivity index (χ4n) is 2.65. The molecule has 0 aliphatic carbocycles. The first-order valence-electron chi connectivity index (χ1n) is 7.21. The number of amides is 2. The molecule has 2 N–H and O–H groups in total. The molecule has 1 atom stereocenters. The van der Waals surface area contributed by atoms with Crippen LogP contribution in [0.2, 0.25) is 0 Å². The van der Waals surface area contributed by atoms with Crippen LogP contribution in [0.5, 0.6) is 5.75 Å². The number of rotatable bonds is 3. The summed E-state index contributed by atoms with van der Waals surface area (Å²) in [6, 6.07) is 3.46. The van der Waals surface area contributed by atoms with E-state index in [1.807, 2.05) is 26.0 Å². The van der Waals surface area contributed by atoms with E-state index < -0.39 is 11.4 Å². The normalized spacial score (nSPS) is 20.8. The van der Waals surface area contributed by atoms with E-state index in [4.69, 9.17) is 4.74 Å². The van der Waals surface area contributed by atoms with Crippen molar-refractivity contribution in [1.82, 2.24) is 4.90 Å². The van der Waals surface area contributed by atoms with Crippen LogP contribution in [0.15, 0.2) is 12.1 Å². The molecule has 1 fully saturated rings. The molecular weight excluding hydrogens is 284 g/mol. The number of nitrogens with zero attached hydrogens (tertiary/aromatic N) is 1. The number of aliphatic carboxylic acids is 1. The number of anilines is 1. The molecule has 0 aromatic heterocycles. The number of carbonyl (C=O) groups is 2. The van der Waals surface area contributed by atoms with Crippen LogP contribution in [0.3, 0.4) is 0 Å². The Bertz CT molecular complexity index is 614. The Kier molecular flexibility index (Phi) is 4.30. The number of hydrogen-bond acceptors (Lipinski definition) is 3. The number of aryl methyl sites for hydroxylation is 2. The summed E-state index contributed by atoms with van der Waals surface area (Å²) in [6.07, 6.45) is 0.469. The smallest absolute Gasteiger partial charge is 0.321 e. The molecule has 6 nitrogen and oxygen atoms in total. The van der Waals surface area contributed by atoms with Crippen molar-refractivity contribution >= 4 is 17.7 Å². The highest BCUT2D eigenvalue weighted by atomic mass is 16.5. The van der Waals surface area contributed by atoms with Gasteiger partial charge in [-0.25, -0.2) is 4.79 Å². The molecule has 1 aliphatic rings. The number of likely N-dealkylation sites (tertiary alicyclic amines) is 1. The van der Waals surface area contributed by atoms with Gasteiger partial charge in [-0.3, -0.25) is 4.79 Å². The van der Waals surface area contributed by atoms with Gasteiger partial charge in [-0.05, 0) is 50.5 Å². The van der Waals surface area contributed by atoms with Gasteiger partial charge in [0.2, 0.25) is 0 Å². The first-order valence-corrected chi connectivity index (χ1v) is 7.21. The van der Waals surface area contributed by atoms with Gasteiger partial charge in [0, 0.05) is 18.8 Å². The van der Waals surface area contributed by atoms with E-state index in [0.29, 0.717) is 18.7 Å². The van der Waals surface area contributed by atoms with Gasteiger partial charge >= 0.3 is 12.0 Å². The van der Waals surface area contributed by atoms with E-state index in [0.717, 1.165) is 16.9 Å². The molecule has 1 aromatic carbocycles. The predicted molar refractivity (Wildman–Crippen MR) is 83.4 cm³/mol. The van der Waals surface area contributed by atoms with Crippen molar-refractivity contribution in [2.75, 3.05) is 25.5 Å². The second-order valence-electron chi connectivity index (χ2n) is 6.10.